The number of hydrogen-bond acceptors (Lipinski definition) is 3. The van der Waals surface area contributed by atoms with Gasteiger partial charge in [0.2, 0.25) is 0 Å². The molecular weight excluding hydrogens is 324 g/mol. The summed E-state index contributed by atoms with van der Waals surface area (Å²) in [6, 6.07) is 4.41. The lowest BCUT2D eigenvalue weighted by Gasteiger charge is -2.30. The molecule has 0 bridgehead atoms. The Kier molecular flexibility index (Phi) is 4.24. The first kappa shape index (κ1) is 13.6. The van der Waals surface area contributed by atoms with Crippen LogP contribution in [0.25, 0.3) is 0 Å². The van der Waals surface area contributed by atoms with Crippen molar-refractivity contribution in [2.45, 2.75) is 31.7 Å². The quantitative estimate of drug-likeness (QED) is 0.911. The zero-order chi connectivity index (χ0) is 13.2. The lowest BCUT2D eigenvalue weighted by Crippen LogP contribution is -2.40. The van der Waals surface area contributed by atoms with Crippen LogP contribution in [-0.4, -0.2) is 36.5 Å². The number of rotatable bonds is 4. The van der Waals surface area contributed by atoms with E-state index in [1.165, 1.54) is 25.7 Å². The number of carbonyl (C=O) groups excluding carboxylic acids is 1. The largest absolute Gasteiger partial charge is 0.335 e. The van der Waals surface area contributed by atoms with Gasteiger partial charge in [-0.15, -0.1) is 11.3 Å². The lowest BCUT2D eigenvalue weighted by atomic mass is 9.97. The predicted molar refractivity (Wildman–Crippen MR) is 81.7 cm³/mol. The molecule has 1 aromatic rings. The van der Waals surface area contributed by atoms with Gasteiger partial charge in [0.05, 0.1) is 8.66 Å². The first-order chi connectivity index (χ1) is 9.24. The van der Waals surface area contributed by atoms with Gasteiger partial charge >= 0.3 is 0 Å². The number of carbonyl (C=O) groups is 1. The highest BCUT2D eigenvalue weighted by Gasteiger charge is 2.35. The van der Waals surface area contributed by atoms with Crippen LogP contribution in [0.4, 0.5) is 0 Å². The fraction of sp³-hybridized carbons (Fsp3) is 0.643. The monoisotopic (exact) mass is 342 g/mol. The van der Waals surface area contributed by atoms with E-state index in [1.54, 1.807) is 11.3 Å². The maximum Gasteiger partial charge on any atom is 0.264 e. The molecule has 0 unspecified atom stereocenters. The highest BCUT2D eigenvalue weighted by atomic mass is 79.9. The molecule has 0 radical (unpaired) electrons. The highest BCUT2D eigenvalue weighted by molar-refractivity contribution is 9.11. The molecule has 1 aliphatic carbocycles. The fourth-order valence-electron chi connectivity index (χ4n) is 2.70. The van der Waals surface area contributed by atoms with Crippen molar-refractivity contribution in [3.8, 4) is 0 Å². The molecule has 0 spiro atoms. The van der Waals surface area contributed by atoms with E-state index in [2.05, 4.69) is 26.1 Å². The van der Waals surface area contributed by atoms with Gasteiger partial charge in [-0.25, -0.2) is 0 Å². The summed E-state index contributed by atoms with van der Waals surface area (Å²) in [5, 5.41) is 3.39. The van der Waals surface area contributed by atoms with Crippen molar-refractivity contribution in [3.05, 3.63) is 20.8 Å². The fourth-order valence-corrected chi connectivity index (χ4v) is 4.04. The molecule has 0 aromatic carbocycles. The Hall–Kier alpha value is -0.390. The van der Waals surface area contributed by atoms with Crippen molar-refractivity contribution < 1.29 is 4.79 Å². The minimum atomic E-state index is 0.233. The number of thiophene rings is 1. The smallest absolute Gasteiger partial charge is 0.264 e. The van der Waals surface area contributed by atoms with E-state index in [0.29, 0.717) is 12.0 Å². The van der Waals surface area contributed by atoms with Gasteiger partial charge in [0, 0.05) is 12.6 Å². The molecular formula is C14H19BrN2OS. The Morgan fingerprint density at radius 2 is 2.05 bits per heavy atom. The average Bonchev–Trinajstić information content (AvgIpc) is 3.18. The first-order valence-electron chi connectivity index (χ1n) is 7.01. The molecule has 1 N–H and O–H groups in total. The van der Waals surface area contributed by atoms with Crippen LogP contribution < -0.4 is 5.32 Å². The third-order valence-corrected chi connectivity index (χ3v) is 5.56. The minimum Gasteiger partial charge on any atom is -0.335 e. The van der Waals surface area contributed by atoms with Gasteiger partial charge in [-0.05, 0) is 72.8 Å². The molecule has 19 heavy (non-hydrogen) atoms. The minimum absolute atomic E-state index is 0.233. The summed E-state index contributed by atoms with van der Waals surface area (Å²) in [5.41, 5.74) is 0. The zero-order valence-corrected chi connectivity index (χ0v) is 13.3. The van der Waals surface area contributed by atoms with E-state index in [-0.39, 0.29) is 5.91 Å². The van der Waals surface area contributed by atoms with Gasteiger partial charge in [0.1, 0.15) is 0 Å². The van der Waals surface area contributed by atoms with Crippen LogP contribution in [0.5, 0.6) is 0 Å². The summed E-state index contributed by atoms with van der Waals surface area (Å²) < 4.78 is 1.04. The Labute approximate surface area is 126 Å². The van der Waals surface area contributed by atoms with Gasteiger partial charge < -0.3 is 10.2 Å². The summed E-state index contributed by atoms with van der Waals surface area (Å²) in [6.07, 6.45) is 4.77. The van der Waals surface area contributed by atoms with Crippen molar-refractivity contribution in [1.29, 1.82) is 0 Å². The predicted octanol–water partition coefficient (Wildman–Crippen LogP) is 3.11. The van der Waals surface area contributed by atoms with Crippen LogP contribution in [0.2, 0.25) is 0 Å². The summed E-state index contributed by atoms with van der Waals surface area (Å²) >= 11 is 4.98. The number of amides is 1. The van der Waals surface area contributed by atoms with Gasteiger partial charge in [0.25, 0.3) is 5.91 Å². The van der Waals surface area contributed by atoms with Crippen molar-refractivity contribution in [3.63, 3.8) is 0 Å². The number of piperidine rings is 1. The van der Waals surface area contributed by atoms with Crippen molar-refractivity contribution >= 4 is 33.2 Å². The Balaban J connectivity index is 1.68. The third kappa shape index (κ3) is 3.38. The molecule has 2 heterocycles. The van der Waals surface area contributed by atoms with Gasteiger partial charge in [0.15, 0.2) is 0 Å². The number of nitrogens with one attached hydrogen (secondary N) is 1. The van der Waals surface area contributed by atoms with E-state index >= 15 is 0 Å². The van der Waals surface area contributed by atoms with Gasteiger partial charge in [-0.1, -0.05) is 0 Å². The second-order valence-electron chi connectivity index (χ2n) is 5.49. The molecule has 3 nitrogen and oxygen atoms in total. The van der Waals surface area contributed by atoms with Crippen LogP contribution in [0.3, 0.4) is 0 Å². The summed E-state index contributed by atoms with van der Waals surface area (Å²) in [6.45, 7) is 3.14. The van der Waals surface area contributed by atoms with Crippen LogP contribution in [0, 0.1) is 5.92 Å². The molecule has 0 atom stereocenters. The van der Waals surface area contributed by atoms with E-state index in [0.717, 1.165) is 28.3 Å². The average molecular weight is 343 g/mol. The topological polar surface area (TPSA) is 32.3 Å². The Bertz CT molecular complexity index is 452. The SMILES string of the molecule is O=C(c1ccc(Br)s1)N(CC1CCNCC1)C1CC1. The number of halogens is 1. The second kappa shape index (κ2) is 5.94. The van der Waals surface area contributed by atoms with E-state index in [1.807, 2.05) is 12.1 Å². The molecule has 1 amide bonds. The Morgan fingerprint density at radius 1 is 1.32 bits per heavy atom. The maximum atomic E-state index is 12.6. The molecule has 1 aliphatic heterocycles. The Morgan fingerprint density at radius 3 is 2.63 bits per heavy atom. The number of nitrogens with zero attached hydrogens (tertiary/aromatic N) is 1. The molecule has 104 valence electrons. The first-order valence-corrected chi connectivity index (χ1v) is 8.62. The van der Waals surface area contributed by atoms with Gasteiger partial charge in [-0.3, -0.25) is 4.79 Å². The lowest BCUT2D eigenvalue weighted by molar-refractivity contribution is 0.0706. The second-order valence-corrected chi connectivity index (χ2v) is 7.95. The normalized spacial score (nSPS) is 20.5. The standard InChI is InChI=1S/C14H19BrN2OS/c15-13-4-3-12(19-13)14(18)17(11-1-2-11)9-10-5-7-16-8-6-10/h3-4,10-11,16H,1-2,5-9H2. The summed E-state index contributed by atoms with van der Waals surface area (Å²) in [5.74, 6) is 0.908. The zero-order valence-electron chi connectivity index (χ0n) is 10.9. The molecule has 1 saturated carbocycles. The van der Waals surface area contributed by atoms with Crippen molar-refractivity contribution in [1.82, 2.24) is 10.2 Å². The third-order valence-electron chi connectivity index (χ3n) is 3.95. The number of hydrogen-bond donors (Lipinski definition) is 1. The molecule has 1 saturated heterocycles. The molecule has 2 aliphatic rings. The van der Waals surface area contributed by atoms with Crippen LogP contribution in [-0.2, 0) is 0 Å². The molecule has 3 rings (SSSR count). The molecule has 5 heteroatoms. The van der Waals surface area contributed by atoms with Gasteiger partial charge in [-0.2, -0.15) is 0 Å². The van der Waals surface area contributed by atoms with Crippen molar-refractivity contribution in [2.24, 2.45) is 5.92 Å². The molecule has 1 aromatic heterocycles. The van der Waals surface area contributed by atoms with E-state index in [4.69, 9.17) is 0 Å². The van der Waals surface area contributed by atoms with E-state index < -0.39 is 0 Å². The van der Waals surface area contributed by atoms with Crippen LogP contribution >= 0.6 is 27.3 Å². The molecule has 2 fully saturated rings. The maximum absolute atomic E-state index is 12.6. The summed E-state index contributed by atoms with van der Waals surface area (Å²) in [7, 11) is 0. The summed E-state index contributed by atoms with van der Waals surface area (Å²) in [4.78, 5) is 15.6. The van der Waals surface area contributed by atoms with Crippen LogP contribution in [0.1, 0.15) is 35.4 Å². The van der Waals surface area contributed by atoms with Crippen molar-refractivity contribution in [2.75, 3.05) is 19.6 Å². The highest BCUT2D eigenvalue weighted by Crippen LogP contribution is 2.32. The van der Waals surface area contributed by atoms with E-state index in [9.17, 15) is 4.79 Å². The van der Waals surface area contributed by atoms with Crippen LogP contribution in [0.15, 0.2) is 15.9 Å².